The van der Waals surface area contributed by atoms with Crippen molar-refractivity contribution in [3.8, 4) is 0 Å². The number of carbonyl (C=O) groups excluding carboxylic acids is 1. The van der Waals surface area contributed by atoms with Gasteiger partial charge in [0.1, 0.15) is 5.76 Å². The summed E-state index contributed by atoms with van der Waals surface area (Å²) in [6, 6.07) is 12.0. The second-order valence-corrected chi connectivity index (χ2v) is 8.90. The fourth-order valence-electron chi connectivity index (χ4n) is 3.58. The Hall–Kier alpha value is -2.55. The van der Waals surface area contributed by atoms with E-state index in [-0.39, 0.29) is 5.91 Å². The van der Waals surface area contributed by atoms with Gasteiger partial charge in [0.05, 0.1) is 5.75 Å². The summed E-state index contributed by atoms with van der Waals surface area (Å²) in [5.41, 5.74) is 2.37. The number of furan rings is 1. The van der Waals surface area contributed by atoms with Crippen molar-refractivity contribution in [2.75, 3.05) is 33.2 Å². The molecular formula is C23H29N5O2S. The number of aryl methyl sites for hydroxylation is 1. The minimum absolute atomic E-state index is 0.197. The van der Waals surface area contributed by atoms with Crippen LogP contribution in [0.5, 0.6) is 0 Å². The van der Waals surface area contributed by atoms with Gasteiger partial charge in [-0.1, -0.05) is 36.0 Å². The van der Waals surface area contributed by atoms with Crippen LogP contribution < -0.4 is 5.32 Å². The van der Waals surface area contributed by atoms with Crippen molar-refractivity contribution in [2.24, 2.45) is 7.05 Å². The third-order valence-corrected chi connectivity index (χ3v) is 6.53. The standard InChI is InChI=1S/C23H29N5O2S/c1-26-10-12-28(13-11-26)16-19-5-3-4-18(14-19)15-25-22(29)21-7-6-20(30-21)17-31-23-24-8-9-27(23)2/h3-9,14H,10-13,15-17H2,1-2H3,(H,25,29). The van der Waals surface area contributed by atoms with Crippen molar-refractivity contribution < 1.29 is 9.21 Å². The van der Waals surface area contributed by atoms with E-state index in [0.29, 0.717) is 18.1 Å². The summed E-state index contributed by atoms with van der Waals surface area (Å²) in [5.74, 6) is 1.53. The van der Waals surface area contributed by atoms with E-state index in [1.165, 1.54) is 5.56 Å². The van der Waals surface area contributed by atoms with Crippen LogP contribution in [-0.4, -0.2) is 58.5 Å². The zero-order chi connectivity index (χ0) is 21.6. The first-order chi connectivity index (χ1) is 15.1. The van der Waals surface area contributed by atoms with Gasteiger partial charge in [-0.3, -0.25) is 9.69 Å². The number of likely N-dealkylation sites (N-methyl/N-ethyl adjacent to an activating group) is 1. The quantitative estimate of drug-likeness (QED) is 0.545. The molecule has 1 saturated heterocycles. The maximum atomic E-state index is 12.5. The molecule has 1 N–H and O–H groups in total. The van der Waals surface area contributed by atoms with Crippen LogP contribution in [-0.2, 0) is 25.9 Å². The highest BCUT2D eigenvalue weighted by Crippen LogP contribution is 2.22. The molecule has 0 aliphatic carbocycles. The Morgan fingerprint density at radius 3 is 2.71 bits per heavy atom. The van der Waals surface area contributed by atoms with Gasteiger partial charge in [-0.2, -0.15) is 0 Å². The molecule has 7 nitrogen and oxygen atoms in total. The van der Waals surface area contributed by atoms with Crippen LogP contribution in [0.3, 0.4) is 0 Å². The van der Waals surface area contributed by atoms with E-state index < -0.39 is 0 Å². The van der Waals surface area contributed by atoms with Crippen molar-refractivity contribution in [2.45, 2.75) is 24.0 Å². The molecule has 1 aromatic carbocycles. The first-order valence-electron chi connectivity index (χ1n) is 10.5. The lowest BCUT2D eigenvalue weighted by molar-refractivity contribution is 0.0921. The second kappa shape index (κ2) is 10.2. The van der Waals surface area contributed by atoms with Gasteiger partial charge in [0, 0.05) is 58.7 Å². The molecule has 3 heterocycles. The van der Waals surface area contributed by atoms with Gasteiger partial charge >= 0.3 is 0 Å². The Morgan fingerprint density at radius 2 is 1.94 bits per heavy atom. The molecule has 2 aromatic heterocycles. The number of hydrogen-bond acceptors (Lipinski definition) is 6. The first kappa shape index (κ1) is 21.7. The Kier molecular flexibility index (Phi) is 7.11. The lowest BCUT2D eigenvalue weighted by Crippen LogP contribution is -2.43. The van der Waals surface area contributed by atoms with Crippen molar-refractivity contribution in [3.05, 3.63) is 71.4 Å². The number of rotatable bonds is 8. The van der Waals surface area contributed by atoms with Crippen molar-refractivity contribution in [1.29, 1.82) is 0 Å². The van der Waals surface area contributed by atoms with Crippen LogP contribution >= 0.6 is 11.8 Å². The largest absolute Gasteiger partial charge is 0.455 e. The van der Waals surface area contributed by atoms with Crippen molar-refractivity contribution in [3.63, 3.8) is 0 Å². The lowest BCUT2D eigenvalue weighted by Gasteiger charge is -2.32. The molecule has 0 bridgehead atoms. The molecule has 1 fully saturated rings. The molecule has 0 spiro atoms. The SMILES string of the molecule is CN1CCN(Cc2cccc(CNC(=O)c3ccc(CSc4nccn4C)o3)c2)CC1. The van der Waals surface area contributed by atoms with Gasteiger partial charge in [0.2, 0.25) is 0 Å². The molecule has 0 unspecified atom stereocenters. The highest BCUT2D eigenvalue weighted by Gasteiger charge is 2.15. The van der Waals surface area contributed by atoms with Gasteiger partial charge in [0.25, 0.3) is 5.91 Å². The number of aromatic nitrogens is 2. The topological polar surface area (TPSA) is 66.5 Å². The van der Waals surface area contributed by atoms with Crippen LogP contribution in [0.4, 0.5) is 0 Å². The number of nitrogens with one attached hydrogen (secondary N) is 1. The molecule has 1 aliphatic rings. The summed E-state index contributed by atoms with van der Waals surface area (Å²) in [6.45, 7) is 5.84. The number of amides is 1. The average molecular weight is 440 g/mol. The monoisotopic (exact) mass is 439 g/mol. The smallest absolute Gasteiger partial charge is 0.287 e. The molecule has 0 saturated carbocycles. The molecule has 3 aromatic rings. The van der Waals surface area contributed by atoms with Crippen molar-refractivity contribution in [1.82, 2.24) is 24.7 Å². The summed E-state index contributed by atoms with van der Waals surface area (Å²) >= 11 is 1.58. The molecule has 31 heavy (non-hydrogen) atoms. The van der Waals surface area contributed by atoms with E-state index >= 15 is 0 Å². The van der Waals surface area contributed by atoms with Crippen LogP contribution in [0.25, 0.3) is 0 Å². The Morgan fingerprint density at radius 1 is 1.13 bits per heavy atom. The molecule has 0 radical (unpaired) electrons. The van der Waals surface area contributed by atoms with Gasteiger partial charge in [0.15, 0.2) is 10.9 Å². The van der Waals surface area contributed by atoms with E-state index in [4.69, 9.17) is 4.42 Å². The van der Waals surface area contributed by atoms with Gasteiger partial charge < -0.3 is 19.2 Å². The third kappa shape index (κ3) is 6.00. The molecule has 1 aliphatic heterocycles. The Balaban J connectivity index is 1.27. The normalized spacial score (nSPS) is 15.3. The fraction of sp³-hybridized carbons (Fsp3) is 0.391. The zero-order valence-electron chi connectivity index (χ0n) is 18.1. The average Bonchev–Trinajstić information content (AvgIpc) is 3.41. The van der Waals surface area contributed by atoms with Crippen LogP contribution in [0.2, 0.25) is 0 Å². The number of piperazine rings is 1. The van der Waals surface area contributed by atoms with Gasteiger partial charge in [-0.25, -0.2) is 4.98 Å². The minimum atomic E-state index is -0.197. The molecular weight excluding hydrogens is 410 g/mol. The summed E-state index contributed by atoms with van der Waals surface area (Å²) in [7, 11) is 4.12. The fourth-order valence-corrected chi connectivity index (χ4v) is 4.40. The molecule has 4 rings (SSSR count). The van der Waals surface area contributed by atoms with Crippen molar-refractivity contribution >= 4 is 17.7 Å². The molecule has 8 heteroatoms. The maximum Gasteiger partial charge on any atom is 0.287 e. The summed E-state index contributed by atoms with van der Waals surface area (Å²) in [6.07, 6.45) is 3.67. The Bertz CT molecular complexity index is 1010. The molecule has 164 valence electrons. The number of carbonyl (C=O) groups is 1. The highest BCUT2D eigenvalue weighted by molar-refractivity contribution is 7.98. The molecule has 0 atom stereocenters. The number of nitrogens with zero attached hydrogens (tertiary/aromatic N) is 4. The number of imidazole rings is 1. The number of benzene rings is 1. The van der Waals surface area contributed by atoms with E-state index in [0.717, 1.165) is 49.2 Å². The summed E-state index contributed by atoms with van der Waals surface area (Å²) < 4.78 is 7.68. The number of hydrogen-bond donors (Lipinski definition) is 1. The van der Waals surface area contributed by atoms with E-state index in [1.54, 1.807) is 24.0 Å². The van der Waals surface area contributed by atoms with Crippen LogP contribution in [0.15, 0.2) is 58.4 Å². The van der Waals surface area contributed by atoms with Gasteiger partial charge in [-0.05, 0) is 30.3 Å². The zero-order valence-corrected chi connectivity index (χ0v) is 18.9. The van der Waals surface area contributed by atoms with Crippen LogP contribution in [0, 0.1) is 0 Å². The maximum absolute atomic E-state index is 12.5. The van der Waals surface area contributed by atoms with E-state index in [1.807, 2.05) is 29.9 Å². The van der Waals surface area contributed by atoms with Gasteiger partial charge in [-0.15, -0.1) is 0 Å². The summed E-state index contributed by atoms with van der Waals surface area (Å²) in [5, 5.41) is 3.88. The third-order valence-electron chi connectivity index (χ3n) is 5.45. The van der Waals surface area contributed by atoms with Crippen LogP contribution in [0.1, 0.15) is 27.4 Å². The summed E-state index contributed by atoms with van der Waals surface area (Å²) in [4.78, 5) is 21.6. The first-order valence-corrected chi connectivity index (χ1v) is 11.5. The second-order valence-electron chi connectivity index (χ2n) is 7.96. The Labute approximate surface area is 187 Å². The van der Waals surface area contributed by atoms with E-state index in [9.17, 15) is 4.79 Å². The minimum Gasteiger partial charge on any atom is -0.455 e. The lowest BCUT2D eigenvalue weighted by atomic mass is 10.1. The predicted molar refractivity (Wildman–Crippen MR) is 122 cm³/mol. The highest BCUT2D eigenvalue weighted by atomic mass is 32.2. The van der Waals surface area contributed by atoms with E-state index in [2.05, 4.69) is 45.3 Å². The molecule has 1 amide bonds. The predicted octanol–water partition coefficient (Wildman–Crippen LogP) is 2.98. The number of thioether (sulfide) groups is 1.